The molecule has 2 aromatic rings. The van der Waals surface area contributed by atoms with E-state index in [0.717, 1.165) is 24.4 Å². The second-order valence-corrected chi connectivity index (χ2v) is 5.31. The number of hydrogen-bond donors (Lipinski definition) is 2. The van der Waals surface area contributed by atoms with Crippen LogP contribution in [0.4, 0.5) is 5.95 Å². The Balaban J connectivity index is 1.86. The van der Waals surface area contributed by atoms with Crippen LogP contribution in [0.2, 0.25) is 0 Å². The average Bonchev–Trinajstić information content (AvgIpc) is 3.07. The first kappa shape index (κ1) is 13.3. The molecule has 1 atom stereocenters. The molecular weight excluding hydrogens is 254 g/mol. The molecule has 1 aliphatic rings. The molecule has 6 heteroatoms. The lowest BCUT2D eigenvalue weighted by molar-refractivity contribution is 0.299. The van der Waals surface area contributed by atoms with Crippen LogP contribution in [0, 0.1) is 6.92 Å². The number of aryl methyl sites for hydroxylation is 1. The van der Waals surface area contributed by atoms with Gasteiger partial charge in [-0.3, -0.25) is 0 Å². The Hall–Kier alpha value is -1.66. The lowest BCUT2D eigenvalue weighted by Gasteiger charge is -2.23. The van der Waals surface area contributed by atoms with E-state index >= 15 is 0 Å². The number of pyridine rings is 1. The van der Waals surface area contributed by atoms with Gasteiger partial charge in [0, 0.05) is 24.8 Å². The van der Waals surface area contributed by atoms with E-state index in [1.807, 2.05) is 29.6 Å². The first-order valence-corrected chi connectivity index (χ1v) is 7.19. The highest BCUT2D eigenvalue weighted by Crippen LogP contribution is 2.15. The van der Waals surface area contributed by atoms with E-state index < -0.39 is 0 Å². The second-order valence-electron chi connectivity index (χ2n) is 5.31. The summed E-state index contributed by atoms with van der Waals surface area (Å²) in [4.78, 5) is 6.64. The van der Waals surface area contributed by atoms with Crippen LogP contribution >= 0.6 is 0 Å². The van der Waals surface area contributed by atoms with Crippen molar-refractivity contribution in [2.24, 2.45) is 0 Å². The molecule has 0 aliphatic carbocycles. The van der Waals surface area contributed by atoms with Crippen LogP contribution in [0.3, 0.4) is 0 Å². The Labute approximate surface area is 118 Å². The van der Waals surface area contributed by atoms with E-state index in [4.69, 9.17) is 0 Å². The number of nitrogens with zero attached hydrogens (tertiary/aromatic N) is 4. The van der Waals surface area contributed by atoms with Crippen molar-refractivity contribution in [3.05, 3.63) is 23.9 Å². The number of aliphatic hydroxyl groups excluding tert-OH is 1. The van der Waals surface area contributed by atoms with Gasteiger partial charge < -0.3 is 15.3 Å². The SMILES string of the molecule is Cc1cccc2nc(N(CCO)CC3CCCN3)nn12. The molecule has 1 aliphatic heterocycles. The normalized spacial score (nSPS) is 18.8. The van der Waals surface area contributed by atoms with Crippen molar-refractivity contribution in [3.63, 3.8) is 0 Å². The largest absolute Gasteiger partial charge is 0.395 e. The van der Waals surface area contributed by atoms with Gasteiger partial charge in [0.15, 0.2) is 5.65 Å². The summed E-state index contributed by atoms with van der Waals surface area (Å²) in [6, 6.07) is 6.42. The van der Waals surface area contributed by atoms with Gasteiger partial charge in [-0.1, -0.05) is 6.07 Å². The van der Waals surface area contributed by atoms with Gasteiger partial charge >= 0.3 is 0 Å². The molecule has 2 N–H and O–H groups in total. The first-order valence-electron chi connectivity index (χ1n) is 7.19. The third-order valence-electron chi connectivity index (χ3n) is 3.79. The lowest BCUT2D eigenvalue weighted by atomic mass is 10.2. The minimum absolute atomic E-state index is 0.112. The van der Waals surface area contributed by atoms with Gasteiger partial charge in [0.2, 0.25) is 5.95 Å². The topological polar surface area (TPSA) is 65.7 Å². The monoisotopic (exact) mass is 275 g/mol. The number of aromatic nitrogens is 3. The predicted octanol–water partition coefficient (Wildman–Crippen LogP) is 0.588. The number of fused-ring (bicyclic) bond motifs is 1. The van der Waals surface area contributed by atoms with Gasteiger partial charge in [0.1, 0.15) is 0 Å². The van der Waals surface area contributed by atoms with E-state index in [9.17, 15) is 5.11 Å². The van der Waals surface area contributed by atoms with E-state index in [1.165, 1.54) is 12.8 Å². The summed E-state index contributed by atoms with van der Waals surface area (Å²) in [5.74, 6) is 0.696. The second kappa shape index (κ2) is 5.76. The van der Waals surface area contributed by atoms with Gasteiger partial charge in [0.25, 0.3) is 0 Å². The molecule has 108 valence electrons. The van der Waals surface area contributed by atoms with Crippen molar-refractivity contribution in [1.29, 1.82) is 0 Å². The van der Waals surface area contributed by atoms with Crippen molar-refractivity contribution in [2.75, 3.05) is 31.1 Å². The number of anilines is 1. The maximum absolute atomic E-state index is 9.28. The highest BCUT2D eigenvalue weighted by molar-refractivity contribution is 5.45. The smallest absolute Gasteiger partial charge is 0.245 e. The highest BCUT2D eigenvalue weighted by Gasteiger charge is 2.20. The van der Waals surface area contributed by atoms with E-state index in [-0.39, 0.29) is 6.61 Å². The van der Waals surface area contributed by atoms with Crippen molar-refractivity contribution in [1.82, 2.24) is 19.9 Å². The standard InChI is InChI=1S/C14H21N5O/c1-11-4-2-6-13-16-14(17-19(11)13)18(8-9-20)10-12-5-3-7-15-12/h2,4,6,12,15,20H,3,5,7-10H2,1H3. The number of nitrogens with one attached hydrogen (secondary N) is 1. The summed E-state index contributed by atoms with van der Waals surface area (Å²) >= 11 is 0. The van der Waals surface area contributed by atoms with Crippen molar-refractivity contribution >= 4 is 11.6 Å². The van der Waals surface area contributed by atoms with Crippen LogP contribution in [-0.4, -0.2) is 52.0 Å². The van der Waals surface area contributed by atoms with Gasteiger partial charge in [-0.2, -0.15) is 4.98 Å². The van der Waals surface area contributed by atoms with Crippen molar-refractivity contribution in [2.45, 2.75) is 25.8 Å². The zero-order valence-electron chi connectivity index (χ0n) is 11.8. The Morgan fingerprint density at radius 3 is 3.10 bits per heavy atom. The van der Waals surface area contributed by atoms with Crippen LogP contribution in [0.25, 0.3) is 5.65 Å². The van der Waals surface area contributed by atoms with Gasteiger partial charge in [-0.15, -0.1) is 5.10 Å². The molecule has 3 rings (SSSR count). The van der Waals surface area contributed by atoms with Crippen LogP contribution < -0.4 is 10.2 Å². The van der Waals surface area contributed by atoms with Crippen molar-refractivity contribution in [3.8, 4) is 0 Å². The molecule has 0 saturated carbocycles. The fourth-order valence-electron chi connectivity index (χ4n) is 2.73. The summed E-state index contributed by atoms with van der Waals surface area (Å²) in [6.07, 6.45) is 2.39. The number of hydrogen-bond acceptors (Lipinski definition) is 5. The Bertz CT molecular complexity index is 576. The summed E-state index contributed by atoms with van der Waals surface area (Å²) in [5, 5.41) is 17.3. The quantitative estimate of drug-likeness (QED) is 0.836. The molecule has 0 spiro atoms. The summed E-state index contributed by atoms with van der Waals surface area (Å²) in [5.41, 5.74) is 1.91. The molecule has 1 unspecified atom stereocenters. The predicted molar refractivity (Wildman–Crippen MR) is 78.0 cm³/mol. The van der Waals surface area contributed by atoms with Crippen LogP contribution in [-0.2, 0) is 0 Å². The van der Waals surface area contributed by atoms with Crippen LogP contribution in [0.15, 0.2) is 18.2 Å². The minimum Gasteiger partial charge on any atom is -0.395 e. The molecule has 0 bridgehead atoms. The third-order valence-corrected chi connectivity index (χ3v) is 3.79. The molecule has 20 heavy (non-hydrogen) atoms. The van der Waals surface area contributed by atoms with Gasteiger partial charge in [-0.25, -0.2) is 4.52 Å². The molecule has 0 amide bonds. The fourth-order valence-corrected chi connectivity index (χ4v) is 2.73. The van der Waals surface area contributed by atoms with Gasteiger partial charge in [-0.05, 0) is 38.4 Å². The average molecular weight is 275 g/mol. The summed E-state index contributed by atoms with van der Waals surface area (Å²) < 4.78 is 1.85. The van der Waals surface area contributed by atoms with E-state index in [2.05, 4.69) is 20.3 Å². The summed E-state index contributed by atoms with van der Waals surface area (Å²) in [7, 11) is 0. The Kier molecular flexibility index (Phi) is 3.84. The zero-order valence-corrected chi connectivity index (χ0v) is 11.8. The van der Waals surface area contributed by atoms with Gasteiger partial charge in [0.05, 0.1) is 6.61 Å². The maximum Gasteiger partial charge on any atom is 0.245 e. The molecule has 6 nitrogen and oxygen atoms in total. The number of rotatable bonds is 5. The fraction of sp³-hybridized carbons (Fsp3) is 0.571. The molecular formula is C14H21N5O. The molecule has 1 fully saturated rings. The Morgan fingerprint density at radius 2 is 2.40 bits per heavy atom. The lowest BCUT2D eigenvalue weighted by Crippen LogP contribution is -2.39. The van der Waals surface area contributed by atoms with Crippen LogP contribution in [0.1, 0.15) is 18.5 Å². The van der Waals surface area contributed by atoms with Crippen molar-refractivity contribution < 1.29 is 5.11 Å². The molecule has 0 radical (unpaired) electrons. The highest BCUT2D eigenvalue weighted by atomic mass is 16.3. The zero-order chi connectivity index (χ0) is 13.9. The third kappa shape index (κ3) is 2.62. The molecule has 1 saturated heterocycles. The molecule has 2 aromatic heterocycles. The number of aliphatic hydroxyl groups is 1. The van der Waals surface area contributed by atoms with E-state index in [0.29, 0.717) is 18.5 Å². The van der Waals surface area contributed by atoms with E-state index in [1.54, 1.807) is 0 Å². The summed E-state index contributed by atoms with van der Waals surface area (Å²) in [6.45, 7) is 4.61. The minimum atomic E-state index is 0.112. The van der Waals surface area contributed by atoms with Crippen LogP contribution in [0.5, 0.6) is 0 Å². The maximum atomic E-state index is 9.28. The first-order chi connectivity index (χ1) is 9.78. The molecule has 3 heterocycles. The Morgan fingerprint density at radius 1 is 1.50 bits per heavy atom. The molecule has 0 aromatic carbocycles.